The quantitative estimate of drug-likeness (QED) is 0.454. The van der Waals surface area contributed by atoms with Crippen LogP contribution >= 0.6 is 24.0 Å². The molecule has 0 radical (unpaired) electrons. The fraction of sp³-hybridized carbons (Fsp3) is 0.500. The van der Waals surface area contributed by atoms with Gasteiger partial charge in [0.25, 0.3) is 11.5 Å². The molecule has 0 spiro atoms. The minimum absolute atomic E-state index is 0.00133. The van der Waals surface area contributed by atoms with Crippen molar-refractivity contribution in [3.8, 4) is 0 Å². The topological polar surface area (TPSA) is 90.6 Å². The van der Waals surface area contributed by atoms with Gasteiger partial charge in [0.2, 0.25) is 0 Å². The first-order valence-corrected chi connectivity index (χ1v) is 13.1. The molecule has 3 fully saturated rings. The van der Waals surface area contributed by atoms with E-state index in [2.05, 4.69) is 9.80 Å². The zero-order chi connectivity index (χ0) is 24.5. The lowest BCUT2D eigenvalue weighted by Crippen LogP contribution is -2.48. The Hall–Kier alpha value is -2.31. The molecular weight excluding hydrogens is 486 g/mol. The van der Waals surface area contributed by atoms with E-state index in [1.807, 2.05) is 19.1 Å². The largest absolute Gasteiger partial charge is 0.395 e. The molecule has 11 heteroatoms. The van der Waals surface area contributed by atoms with E-state index >= 15 is 0 Å². The van der Waals surface area contributed by atoms with Crippen LogP contribution < -0.4 is 10.5 Å². The summed E-state index contributed by atoms with van der Waals surface area (Å²) < 4.78 is 7.72. The summed E-state index contributed by atoms with van der Waals surface area (Å²) in [4.78, 5) is 38.1. The average Bonchev–Trinajstić information content (AvgIpc) is 3.46. The number of ether oxygens (including phenoxy) is 1. The summed E-state index contributed by atoms with van der Waals surface area (Å²) in [6.07, 6.45) is 5.33. The Bertz CT molecular complexity index is 1230. The first-order chi connectivity index (χ1) is 16.9. The van der Waals surface area contributed by atoms with Crippen LogP contribution in [0.4, 0.5) is 5.82 Å². The summed E-state index contributed by atoms with van der Waals surface area (Å²) in [6.45, 7) is 6.70. The van der Waals surface area contributed by atoms with Crippen LogP contribution in [0.1, 0.15) is 24.0 Å². The molecule has 0 aliphatic carbocycles. The van der Waals surface area contributed by atoms with Gasteiger partial charge >= 0.3 is 0 Å². The van der Waals surface area contributed by atoms with Crippen molar-refractivity contribution in [1.82, 2.24) is 19.2 Å². The van der Waals surface area contributed by atoms with Gasteiger partial charge in [-0.3, -0.25) is 23.8 Å². The van der Waals surface area contributed by atoms with Gasteiger partial charge in [-0.2, -0.15) is 0 Å². The molecule has 3 aliphatic rings. The van der Waals surface area contributed by atoms with Gasteiger partial charge in [-0.25, -0.2) is 4.98 Å². The molecule has 2 aromatic rings. The summed E-state index contributed by atoms with van der Waals surface area (Å²) in [7, 11) is 0. The second-order valence-corrected chi connectivity index (χ2v) is 10.7. The van der Waals surface area contributed by atoms with E-state index in [0.717, 1.165) is 31.5 Å². The highest BCUT2D eigenvalue weighted by Gasteiger charge is 2.35. The minimum Gasteiger partial charge on any atom is -0.395 e. The zero-order valence-corrected chi connectivity index (χ0v) is 21.3. The molecule has 35 heavy (non-hydrogen) atoms. The van der Waals surface area contributed by atoms with Crippen molar-refractivity contribution in [2.45, 2.75) is 25.9 Å². The van der Waals surface area contributed by atoms with Crippen molar-refractivity contribution in [2.24, 2.45) is 0 Å². The molecule has 5 rings (SSSR count). The number of carbonyl (C=O) groups is 1. The number of thiocarbonyl (C=S) groups is 1. The normalized spacial score (nSPS) is 22.8. The first-order valence-electron chi connectivity index (χ1n) is 11.9. The van der Waals surface area contributed by atoms with Gasteiger partial charge in [0, 0.05) is 45.5 Å². The molecule has 0 saturated carbocycles. The molecule has 0 bridgehead atoms. The molecule has 1 N–H and O–H groups in total. The fourth-order valence-electron chi connectivity index (χ4n) is 4.72. The van der Waals surface area contributed by atoms with Crippen LogP contribution in [0.2, 0.25) is 0 Å². The lowest BCUT2D eigenvalue weighted by atomic mass is 10.2. The Balaban J connectivity index is 1.52. The summed E-state index contributed by atoms with van der Waals surface area (Å²) in [5.41, 5.74) is 1.69. The lowest BCUT2D eigenvalue weighted by molar-refractivity contribution is -0.123. The second-order valence-electron chi connectivity index (χ2n) is 9.07. The monoisotopic (exact) mass is 515 g/mol. The van der Waals surface area contributed by atoms with Gasteiger partial charge in [0.05, 0.1) is 29.7 Å². The highest BCUT2D eigenvalue weighted by Crippen LogP contribution is 2.34. The van der Waals surface area contributed by atoms with Crippen molar-refractivity contribution >= 4 is 51.7 Å². The molecule has 3 saturated heterocycles. The maximum absolute atomic E-state index is 13.7. The Morgan fingerprint density at radius 2 is 2.06 bits per heavy atom. The Morgan fingerprint density at radius 1 is 1.26 bits per heavy atom. The number of fused-ring (bicyclic) bond motifs is 1. The van der Waals surface area contributed by atoms with Gasteiger partial charge in [-0.05, 0) is 37.5 Å². The second kappa shape index (κ2) is 10.4. The number of carbonyl (C=O) groups excluding carboxylic acids is 1. The molecule has 5 heterocycles. The van der Waals surface area contributed by atoms with E-state index in [-0.39, 0.29) is 24.2 Å². The van der Waals surface area contributed by atoms with Crippen molar-refractivity contribution in [1.29, 1.82) is 0 Å². The summed E-state index contributed by atoms with van der Waals surface area (Å²) >= 11 is 6.73. The highest BCUT2D eigenvalue weighted by atomic mass is 32.2. The van der Waals surface area contributed by atoms with Crippen molar-refractivity contribution in [3.05, 3.63) is 44.7 Å². The number of aromatic nitrogens is 2. The molecule has 3 aliphatic heterocycles. The predicted molar refractivity (Wildman–Crippen MR) is 141 cm³/mol. The number of anilines is 1. The van der Waals surface area contributed by atoms with E-state index in [9.17, 15) is 14.7 Å². The molecule has 0 unspecified atom stereocenters. The number of aliphatic hydroxyl groups excluding tert-OH is 1. The minimum atomic E-state index is -0.212. The number of nitrogens with zero attached hydrogens (tertiary/aromatic N) is 5. The van der Waals surface area contributed by atoms with E-state index in [1.54, 1.807) is 21.6 Å². The third kappa shape index (κ3) is 5.01. The Morgan fingerprint density at radius 3 is 2.77 bits per heavy atom. The van der Waals surface area contributed by atoms with Crippen molar-refractivity contribution < 1.29 is 14.6 Å². The molecule has 1 amide bonds. The van der Waals surface area contributed by atoms with Crippen molar-refractivity contribution in [3.63, 3.8) is 0 Å². The van der Waals surface area contributed by atoms with Crippen LogP contribution in [0.15, 0.2) is 28.0 Å². The highest BCUT2D eigenvalue weighted by molar-refractivity contribution is 8.26. The van der Waals surface area contributed by atoms with E-state index in [1.165, 1.54) is 11.8 Å². The number of β-amino-alcohol motifs (C(OH)–C–C–N with tert-alkyl or cyclic N) is 1. The first kappa shape index (κ1) is 24.4. The molecule has 1 atom stereocenters. The van der Waals surface area contributed by atoms with Crippen LogP contribution in [0.25, 0.3) is 11.7 Å². The summed E-state index contributed by atoms with van der Waals surface area (Å²) in [6, 6.07) is 3.77. The SMILES string of the molecule is Cc1ccc2nc(N3CCN(CCO)CC3)c(/C=C3\SC(=S)N(C[C@@H]4CCCO4)C3=O)c(=O)n2c1. The van der Waals surface area contributed by atoms with Gasteiger partial charge in [0.1, 0.15) is 15.8 Å². The Kier molecular flexibility index (Phi) is 7.21. The zero-order valence-electron chi connectivity index (χ0n) is 19.7. The van der Waals surface area contributed by atoms with E-state index in [4.69, 9.17) is 21.9 Å². The van der Waals surface area contributed by atoms with E-state index < -0.39 is 0 Å². The van der Waals surface area contributed by atoms with Crippen LogP contribution in [-0.2, 0) is 9.53 Å². The number of aryl methyl sites for hydroxylation is 1. The molecule has 9 nitrogen and oxygen atoms in total. The van der Waals surface area contributed by atoms with E-state index in [0.29, 0.717) is 59.0 Å². The standard InChI is InChI=1S/C24H29N5O4S2/c1-16-4-5-20-25-21(27-8-6-26(7-9-27)10-11-30)18(22(31)28(20)14-16)13-19-23(32)29(24(34)35-19)15-17-3-2-12-33-17/h4-5,13-14,17,30H,2-3,6-12,15H2,1H3/b19-13-/t17-/m0/s1. The van der Waals surface area contributed by atoms with Crippen LogP contribution in [0, 0.1) is 6.92 Å². The lowest BCUT2D eigenvalue weighted by Gasteiger charge is -2.35. The smallest absolute Gasteiger partial charge is 0.267 e. The average molecular weight is 516 g/mol. The third-order valence-corrected chi connectivity index (χ3v) is 8.01. The molecule has 0 aromatic carbocycles. The number of thioether (sulfide) groups is 1. The third-order valence-electron chi connectivity index (χ3n) is 6.63. The van der Waals surface area contributed by atoms with Crippen LogP contribution in [0.3, 0.4) is 0 Å². The van der Waals surface area contributed by atoms with Crippen molar-refractivity contribution in [2.75, 3.05) is 57.4 Å². The number of hydrogen-bond donors (Lipinski definition) is 1. The maximum Gasteiger partial charge on any atom is 0.267 e. The number of amides is 1. The summed E-state index contributed by atoms with van der Waals surface area (Å²) in [5, 5.41) is 9.26. The number of rotatable bonds is 6. The number of aliphatic hydroxyl groups is 1. The number of piperazine rings is 1. The molecule has 186 valence electrons. The van der Waals surface area contributed by atoms with Crippen LogP contribution in [0.5, 0.6) is 0 Å². The number of hydrogen-bond acceptors (Lipinski definition) is 9. The fourth-order valence-corrected chi connectivity index (χ4v) is 5.98. The number of pyridine rings is 1. The van der Waals surface area contributed by atoms with Gasteiger partial charge in [-0.15, -0.1) is 0 Å². The van der Waals surface area contributed by atoms with Crippen LogP contribution in [-0.4, -0.2) is 93.1 Å². The maximum atomic E-state index is 13.7. The molecular formula is C24H29N5O4S2. The Labute approximate surface area is 213 Å². The predicted octanol–water partition coefficient (Wildman–Crippen LogP) is 1.50. The summed E-state index contributed by atoms with van der Waals surface area (Å²) in [5.74, 6) is 0.384. The molecule has 2 aromatic heterocycles. The van der Waals surface area contributed by atoms with Gasteiger partial charge in [-0.1, -0.05) is 30.0 Å². The van der Waals surface area contributed by atoms with Gasteiger partial charge in [0.15, 0.2) is 0 Å². The van der Waals surface area contributed by atoms with Gasteiger partial charge < -0.3 is 14.7 Å².